The monoisotopic (exact) mass is 261 g/mol. The van der Waals surface area contributed by atoms with Crippen LogP contribution in [0.2, 0.25) is 0 Å². The summed E-state index contributed by atoms with van der Waals surface area (Å²) in [5, 5.41) is 8.68. The Morgan fingerprint density at radius 1 is 1.32 bits per heavy atom. The first-order valence-electron chi connectivity index (χ1n) is 7.12. The lowest BCUT2D eigenvalue weighted by Gasteiger charge is -2.15. The van der Waals surface area contributed by atoms with E-state index >= 15 is 0 Å². The molecule has 19 heavy (non-hydrogen) atoms. The minimum Gasteiger partial charge on any atom is -0.369 e. The van der Waals surface area contributed by atoms with Gasteiger partial charge >= 0.3 is 0 Å². The highest BCUT2D eigenvalue weighted by molar-refractivity contribution is 5.85. The van der Waals surface area contributed by atoms with Gasteiger partial charge in [-0.25, -0.2) is 9.97 Å². The molecule has 0 fully saturated rings. The summed E-state index contributed by atoms with van der Waals surface area (Å²) in [7, 11) is 1.90. The number of nitrogens with zero attached hydrogens (tertiary/aromatic N) is 4. The Kier molecular flexibility index (Phi) is 4.71. The molecule has 2 heterocycles. The number of hydrogen-bond donors (Lipinski definition) is 1. The van der Waals surface area contributed by atoms with E-state index in [1.165, 1.54) is 25.7 Å². The van der Waals surface area contributed by atoms with Gasteiger partial charge in [0.2, 0.25) is 0 Å². The number of fused-ring (bicyclic) bond motifs is 1. The van der Waals surface area contributed by atoms with E-state index in [1.807, 2.05) is 13.2 Å². The second-order valence-corrected chi connectivity index (χ2v) is 5.03. The number of nitrogens with one attached hydrogen (secondary N) is 1. The third-order valence-corrected chi connectivity index (χ3v) is 3.63. The van der Waals surface area contributed by atoms with Gasteiger partial charge in [-0.05, 0) is 12.3 Å². The molecule has 5 nitrogen and oxygen atoms in total. The molecule has 0 radical (unpaired) electrons. The summed E-state index contributed by atoms with van der Waals surface area (Å²) in [5.41, 5.74) is 0.874. The molecule has 0 saturated carbocycles. The Hall–Kier alpha value is -1.65. The molecule has 0 aliphatic carbocycles. The van der Waals surface area contributed by atoms with E-state index in [4.69, 9.17) is 0 Å². The van der Waals surface area contributed by atoms with Gasteiger partial charge in [-0.2, -0.15) is 5.10 Å². The normalized spacial score (nSPS) is 12.8. The maximum Gasteiger partial charge on any atom is 0.163 e. The molecular weight excluding hydrogens is 238 g/mol. The summed E-state index contributed by atoms with van der Waals surface area (Å²) in [5.74, 6) is 1.61. The maximum atomic E-state index is 4.33. The van der Waals surface area contributed by atoms with Gasteiger partial charge in [-0.3, -0.25) is 4.68 Å². The average molecular weight is 261 g/mol. The lowest BCUT2D eigenvalue weighted by Crippen LogP contribution is -2.14. The van der Waals surface area contributed by atoms with Crippen molar-refractivity contribution in [1.82, 2.24) is 19.7 Å². The van der Waals surface area contributed by atoms with Crippen molar-refractivity contribution >= 4 is 16.9 Å². The van der Waals surface area contributed by atoms with Gasteiger partial charge in [0, 0.05) is 13.6 Å². The number of aryl methyl sites for hydroxylation is 1. The number of anilines is 1. The minimum atomic E-state index is 0.710. The van der Waals surface area contributed by atoms with Crippen LogP contribution < -0.4 is 5.32 Å². The van der Waals surface area contributed by atoms with Crippen LogP contribution in [0.5, 0.6) is 0 Å². The third-order valence-electron chi connectivity index (χ3n) is 3.63. The first-order valence-corrected chi connectivity index (χ1v) is 7.12. The zero-order chi connectivity index (χ0) is 13.7. The highest BCUT2D eigenvalue weighted by Gasteiger charge is 2.10. The number of hydrogen-bond acceptors (Lipinski definition) is 4. The highest BCUT2D eigenvalue weighted by Crippen LogP contribution is 2.19. The summed E-state index contributed by atoms with van der Waals surface area (Å²) >= 11 is 0. The molecule has 104 valence electrons. The van der Waals surface area contributed by atoms with Crippen LogP contribution in [-0.4, -0.2) is 26.3 Å². The molecule has 0 aliphatic heterocycles. The molecule has 2 aromatic rings. The van der Waals surface area contributed by atoms with Gasteiger partial charge in [0.15, 0.2) is 5.65 Å². The van der Waals surface area contributed by atoms with E-state index in [2.05, 4.69) is 34.2 Å². The zero-order valence-electron chi connectivity index (χ0n) is 12.1. The Bertz CT molecular complexity index is 520. The van der Waals surface area contributed by atoms with Crippen molar-refractivity contribution in [2.24, 2.45) is 13.0 Å². The van der Waals surface area contributed by atoms with Crippen LogP contribution >= 0.6 is 0 Å². The molecule has 0 bridgehead atoms. The van der Waals surface area contributed by atoms with Crippen molar-refractivity contribution < 1.29 is 0 Å². The summed E-state index contributed by atoms with van der Waals surface area (Å²) in [6, 6.07) is 0. The quantitative estimate of drug-likeness (QED) is 0.832. The molecular formula is C14H23N5. The van der Waals surface area contributed by atoms with Crippen LogP contribution in [0.15, 0.2) is 12.5 Å². The van der Waals surface area contributed by atoms with Crippen LogP contribution in [0.4, 0.5) is 5.82 Å². The minimum absolute atomic E-state index is 0.710. The van der Waals surface area contributed by atoms with Crippen LogP contribution in [0.3, 0.4) is 0 Å². The molecule has 0 amide bonds. The van der Waals surface area contributed by atoms with Crippen molar-refractivity contribution in [2.45, 2.75) is 39.5 Å². The molecule has 1 atom stereocenters. The molecule has 0 unspecified atom stereocenters. The van der Waals surface area contributed by atoms with E-state index in [0.29, 0.717) is 5.92 Å². The van der Waals surface area contributed by atoms with Crippen molar-refractivity contribution in [3.63, 3.8) is 0 Å². The van der Waals surface area contributed by atoms with Crippen LogP contribution in [-0.2, 0) is 7.05 Å². The third kappa shape index (κ3) is 3.22. The van der Waals surface area contributed by atoms with Gasteiger partial charge in [0.05, 0.1) is 11.6 Å². The van der Waals surface area contributed by atoms with E-state index in [1.54, 1.807) is 11.0 Å². The van der Waals surface area contributed by atoms with Crippen molar-refractivity contribution in [2.75, 3.05) is 11.9 Å². The predicted molar refractivity (Wildman–Crippen MR) is 78.1 cm³/mol. The molecule has 2 aromatic heterocycles. The molecule has 0 aromatic carbocycles. The zero-order valence-corrected chi connectivity index (χ0v) is 12.1. The van der Waals surface area contributed by atoms with Crippen molar-refractivity contribution in [3.05, 3.63) is 12.5 Å². The first kappa shape index (κ1) is 13.8. The summed E-state index contributed by atoms with van der Waals surface area (Å²) < 4.78 is 1.77. The Balaban J connectivity index is 2.04. The van der Waals surface area contributed by atoms with Crippen LogP contribution in [0.1, 0.15) is 39.5 Å². The maximum absolute atomic E-state index is 4.33. The average Bonchev–Trinajstić information content (AvgIpc) is 2.82. The molecule has 0 spiro atoms. The van der Waals surface area contributed by atoms with Gasteiger partial charge in [0.1, 0.15) is 12.1 Å². The molecule has 2 rings (SSSR count). The topological polar surface area (TPSA) is 55.6 Å². The van der Waals surface area contributed by atoms with Crippen LogP contribution in [0, 0.1) is 5.92 Å². The van der Waals surface area contributed by atoms with Gasteiger partial charge in [-0.1, -0.05) is 33.1 Å². The first-order chi connectivity index (χ1) is 9.26. The number of aromatic nitrogens is 4. The fraction of sp³-hybridized carbons (Fsp3) is 0.643. The van der Waals surface area contributed by atoms with Crippen LogP contribution in [0.25, 0.3) is 11.0 Å². The van der Waals surface area contributed by atoms with Gasteiger partial charge in [-0.15, -0.1) is 0 Å². The summed E-state index contributed by atoms with van der Waals surface area (Å²) in [6.45, 7) is 5.46. The number of rotatable bonds is 7. The fourth-order valence-electron chi connectivity index (χ4n) is 2.29. The summed E-state index contributed by atoms with van der Waals surface area (Å²) in [4.78, 5) is 8.58. The Morgan fingerprint density at radius 3 is 2.89 bits per heavy atom. The molecule has 0 saturated heterocycles. The summed E-state index contributed by atoms with van der Waals surface area (Å²) in [6.07, 6.45) is 8.46. The van der Waals surface area contributed by atoms with E-state index in [9.17, 15) is 0 Å². The second kappa shape index (κ2) is 6.50. The van der Waals surface area contributed by atoms with E-state index in [-0.39, 0.29) is 0 Å². The van der Waals surface area contributed by atoms with Gasteiger partial charge in [0.25, 0.3) is 0 Å². The Morgan fingerprint density at radius 2 is 2.16 bits per heavy atom. The Labute approximate surface area is 114 Å². The van der Waals surface area contributed by atoms with E-state index < -0.39 is 0 Å². The lowest BCUT2D eigenvalue weighted by molar-refractivity contribution is 0.472. The molecule has 1 N–H and O–H groups in total. The molecule has 5 heteroatoms. The standard InChI is InChI=1S/C14H23N5/c1-4-6-7-11(5-2)8-15-13-12-9-18-19(3)14(12)17-10-16-13/h9-11H,4-8H2,1-3H3,(H,15,16,17)/t11-/m1/s1. The lowest BCUT2D eigenvalue weighted by atomic mass is 9.99. The largest absolute Gasteiger partial charge is 0.369 e. The SMILES string of the molecule is CCCC[C@@H](CC)CNc1ncnc2c1cnn2C. The van der Waals surface area contributed by atoms with Crippen molar-refractivity contribution in [3.8, 4) is 0 Å². The van der Waals surface area contributed by atoms with Crippen molar-refractivity contribution in [1.29, 1.82) is 0 Å². The molecule has 0 aliphatic rings. The smallest absolute Gasteiger partial charge is 0.163 e. The second-order valence-electron chi connectivity index (χ2n) is 5.03. The van der Waals surface area contributed by atoms with Gasteiger partial charge < -0.3 is 5.32 Å². The van der Waals surface area contributed by atoms with E-state index in [0.717, 1.165) is 23.4 Å². The highest BCUT2D eigenvalue weighted by atomic mass is 15.3. The predicted octanol–water partition coefficient (Wildman–Crippen LogP) is 2.99. The number of unbranched alkanes of at least 4 members (excludes halogenated alkanes) is 1. The fourth-order valence-corrected chi connectivity index (χ4v) is 2.29.